The topological polar surface area (TPSA) is 161 Å². The third-order valence-electron chi connectivity index (χ3n) is 6.53. The molecule has 5 N–H and O–H groups in total. The van der Waals surface area contributed by atoms with E-state index in [2.05, 4.69) is 55.5 Å². The summed E-state index contributed by atoms with van der Waals surface area (Å²) in [5.41, 5.74) is 4.67. The van der Waals surface area contributed by atoms with Gasteiger partial charge in [-0.05, 0) is 55.6 Å². The van der Waals surface area contributed by atoms with Crippen LogP contribution < -0.4 is 10.1 Å². The first-order valence-corrected chi connectivity index (χ1v) is 12.3. The number of methoxy groups -OCH3 is 1. The quantitative estimate of drug-likeness (QED) is 0.229. The first-order chi connectivity index (χ1) is 18.3. The number of carboxylic acids is 2. The van der Waals surface area contributed by atoms with Crippen molar-refractivity contribution in [3.63, 3.8) is 0 Å². The third-order valence-corrected chi connectivity index (χ3v) is 6.53. The molecule has 11 nitrogen and oxygen atoms in total. The van der Waals surface area contributed by atoms with Crippen molar-refractivity contribution in [2.24, 2.45) is 0 Å². The van der Waals surface area contributed by atoms with E-state index in [1.54, 1.807) is 19.4 Å². The van der Waals surface area contributed by atoms with Crippen LogP contribution in [-0.4, -0.2) is 79.9 Å². The fourth-order valence-corrected chi connectivity index (χ4v) is 4.56. The Morgan fingerprint density at radius 2 is 1.87 bits per heavy atom. The summed E-state index contributed by atoms with van der Waals surface area (Å²) in [6.07, 6.45) is 3.25. The predicted molar refractivity (Wildman–Crippen MR) is 141 cm³/mol. The number of rotatable bonds is 7. The van der Waals surface area contributed by atoms with Crippen molar-refractivity contribution in [1.82, 2.24) is 25.2 Å². The molecule has 3 aromatic heterocycles. The average Bonchev–Trinajstić information content (AvgIpc) is 3.35. The van der Waals surface area contributed by atoms with Gasteiger partial charge in [-0.2, -0.15) is 0 Å². The number of nitrogens with zero attached hydrogens (tertiary/aromatic N) is 3. The van der Waals surface area contributed by atoms with Gasteiger partial charge in [0.05, 0.1) is 24.2 Å². The Balaban J connectivity index is 0.000000505. The lowest BCUT2D eigenvalue weighted by molar-refractivity contribution is -0.159. The number of nitrogens with one attached hydrogen (secondary N) is 2. The van der Waals surface area contributed by atoms with Gasteiger partial charge >= 0.3 is 11.9 Å². The Labute approximate surface area is 219 Å². The zero-order chi connectivity index (χ0) is 27.1. The lowest BCUT2D eigenvalue weighted by Gasteiger charge is -2.33. The molecule has 0 amide bonds. The molecule has 0 saturated carbocycles. The van der Waals surface area contributed by atoms with E-state index >= 15 is 0 Å². The lowest BCUT2D eigenvalue weighted by atomic mass is 10.0. The number of benzene rings is 1. The van der Waals surface area contributed by atoms with Crippen LogP contribution in [0.1, 0.15) is 30.2 Å². The second-order valence-electron chi connectivity index (χ2n) is 9.09. The maximum Gasteiger partial charge on any atom is 0.414 e. The number of para-hydroxylation sites is 1. The van der Waals surface area contributed by atoms with Crippen molar-refractivity contribution in [1.29, 1.82) is 0 Å². The highest BCUT2D eigenvalue weighted by atomic mass is 16.5. The van der Waals surface area contributed by atoms with E-state index in [1.807, 2.05) is 12.1 Å². The summed E-state index contributed by atoms with van der Waals surface area (Å²) < 4.78 is 5.25. The van der Waals surface area contributed by atoms with Gasteiger partial charge in [-0.1, -0.05) is 18.2 Å². The fourth-order valence-electron chi connectivity index (χ4n) is 4.56. The number of hydrogen-bond donors (Lipinski definition) is 5. The third kappa shape index (κ3) is 6.82. The molecule has 4 heterocycles. The number of ether oxygens (including phenoxy) is 1. The normalized spacial score (nSPS) is 15.1. The molecule has 1 fully saturated rings. The van der Waals surface area contributed by atoms with Gasteiger partial charge in [-0.15, -0.1) is 0 Å². The summed E-state index contributed by atoms with van der Waals surface area (Å²) >= 11 is 0. The Bertz CT molecular complexity index is 1350. The number of carbonyl (C=O) groups is 2. The van der Waals surface area contributed by atoms with Crippen molar-refractivity contribution in [3.8, 4) is 5.88 Å². The number of likely N-dealkylation sites (tertiary alicyclic amines) is 1. The fraction of sp³-hybridized carbons (Fsp3) is 0.333. The molecular formula is C27H31N5O6. The Morgan fingerprint density at radius 1 is 1.13 bits per heavy atom. The second-order valence-corrected chi connectivity index (χ2v) is 9.09. The molecule has 200 valence electrons. The van der Waals surface area contributed by atoms with Crippen molar-refractivity contribution in [2.45, 2.75) is 31.5 Å². The number of carboxylic acid groups (broad SMARTS) is 2. The first-order valence-electron chi connectivity index (χ1n) is 12.3. The summed E-state index contributed by atoms with van der Waals surface area (Å²) in [6.45, 7) is 3.35. The van der Waals surface area contributed by atoms with Crippen LogP contribution in [0.3, 0.4) is 0 Å². The number of aliphatic hydroxyl groups is 1. The molecule has 0 radical (unpaired) electrons. The van der Waals surface area contributed by atoms with Gasteiger partial charge in [-0.3, -0.25) is 4.98 Å². The van der Waals surface area contributed by atoms with Crippen LogP contribution in [0.15, 0.2) is 54.7 Å². The highest BCUT2D eigenvalue weighted by molar-refractivity contribution is 6.27. The van der Waals surface area contributed by atoms with Crippen LogP contribution in [0.2, 0.25) is 0 Å². The monoisotopic (exact) mass is 521 g/mol. The summed E-state index contributed by atoms with van der Waals surface area (Å²) in [4.78, 5) is 32.9. The summed E-state index contributed by atoms with van der Waals surface area (Å²) in [7, 11) is 1.59. The number of H-pyrrole nitrogens is 1. The first kappa shape index (κ1) is 27.0. The van der Waals surface area contributed by atoms with Crippen molar-refractivity contribution < 1.29 is 29.6 Å². The number of piperidine rings is 1. The standard InChI is InChI=1S/C25H29N5O2.C2H2O4/c1-32-24-7-6-22-25(29-24)20(8-11-26-22)23(31)16-30-12-9-18(10-13-30)27-15-19-14-17-4-2-3-5-21(17)28-19;3-1(4)2(5)6/h2-8,11,14,18,23,27-28,31H,9-10,12-13,15-16H2,1H3;(H,3,4)(H,5,6)/t23-;/m0./s1. The van der Waals surface area contributed by atoms with E-state index in [0.717, 1.165) is 43.6 Å². The number of aliphatic hydroxyl groups excluding tert-OH is 1. The maximum atomic E-state index is 11.0. The maximum absolute atomic E-state index is 11.0. The minimum Gasteiger partial charge on any atom is -0.481 e. The van der Waals surface area contributed by atoms with Gasteiger partial charge in [0.2, 0.25) is 5.88 Å². The Hall–Kier alpha value is -4.06. The molecule has 0 bridgehead atoms. The van der Waals surface area contributed by atoms with Gasteiger partial charge in [-0.25, -0.2) is 14.6 Å². The zero-order valence-corrected chi connectivity index (χ0v) is 21.0. The number of hydrogen-bond acceptors (Lipinski definition) is 8. The van der Waals surface area contributed by atoms with Crippen LogP contribution in [-0.2, 0) is 16.1 Å². The molecular weight excluding hydrogens is 490 g/mol. The van der Waals surface area contributed by atoms with E-state index in [-0.39, 0.29) is 0 Å². The second kappa shape index (κ2) is 12.5. The molecule has 1 aliphatic heterocycles. The highest BCUT2D eigenvalue weighted by Crippen LogP contribution is 2.25. The largest absolute Gasteiger partial charge is 0.481 e. The molecule has 0 spiro atoms. The molecule has 1 saturated heterocycles. The molecule has 38 heavy (non-hydrogen) atoms. The van der Waals surface area contributed by atoms with Crippen molar-refractivity contribution >= 4 is 33.9 Å². The molecule has 1 atom stereocenters. The minimum atomic E-state index is -1.82. The van der Waals surface area contributed by atoms with Crippen LogP contribution in [0, 0.1) is 0 Å². The number of aromatic amines is 1. The van der Waals surface area contributed by atoms with Gasteiger partial charge in [0.15, 0.2) is 0 Å². The van der Waals surface area contributed by atoms with Gasteiger partial charge in [0.1, 0.15) is 0 Å². The van der Waals surface area contributed by atoms with E-state index in [9.17, 15) is 5.11 Å². The minimum absolute atomic E-state index is 0.488. The van der Waals surface area contributed by atoms with E-state index in [1.165, 1.54) is 16.6 Å². The van der Waals surface area contributed by atoms with Crippen LogP contribution in [0.4, 0.5) is 0 Å². The van der Waals surface area contributed by atoms with E-state index < -0.39 is 18.0 Å². The molecule has 11 heteroatoms. The van der Waals surface area contributed by atoms with Gasteiger partial charge in [0.25, 0.3) is 0 Å². The van der Waals surface area contributed by atoms with Crippen LogP contribution in [0.25, 0.3) is 21.9 Å². The highest BCUT2D eigenvalue weighted by Gasteiger charge is 2.23. The summed E-state index contributed by atoms with van der Waals surface area (Å²) in [6, 6.07) is 16.6. The van der Waals surface area contributed by atoms with Crippen molar-refractivity contribution in [2.75, 3.05) is 26.7 Å². The van der Waals surface area contributed by atoms with Crippen molar-refractivity contribution in [3.05, 3.63) is 66.0 Å². The van der Waals surface area contributed by atoms with Gasteiger partial charge in [0, 0.05) is 48.2 Å². The van der Waals surface area contributed by atoms with Gasteiger partial charge < -0.3 is 35.3 Å². The summed E-state index contributed by atoms with van der Waals surface area (Å²) in [5, 5.41) is 30.7. The van der Waals surface area contributed by atoms with E-state index in [4.69, 9.17) is 24.5 Å². The van der Waals surface area contributed by atoms with Crippen LogP contribution in [0.5, 0.6) is 5.88 Å². The van der Waals surface area contributed by atoms with E-state index in [0.29, 0.717) is 24.0 Å². The molecule has 0 aliphatic carbocycles. The van der Waals surface area contributed by atoms with Crippen LogP contribution >= 0.6 is 0 Å². The SMILES string of the molecule is COc1ccc2nccc([C@@H](O)CN3CCC(NCc4cc5ccccc5[nH]4)CC3)c2n1.O=C(O)C(=O)O. The summed E-state index contributed by atoms with van der Waals surface area (Å²) in [5.74, 6) is -3.12. The number of fused-ring (bicyclic) bond motifs is 2. The number of β-amino-alcohol motifs (C(OH)–C–C–N with tert-alkyl or cyclic N) is 1. The molecule has 5 rings (SSSR count). The Kier molecular flexibility index (Phi) is 8.85. The zero-order valence-electron chi connectivity index (χ0n) is 21.0. The predicted octanol–water partition coefficient (Wildman–Crippen LogP) is 2.56. The molecule has 1 aliphatic rings. The molecule has 0 unspecified atom stereocenters. The Morgan fingerprint density at radius 3 is 2.55 bits per heavy atom. The number of aromatic nitrogens is 3. The smallest absolute Gasteiger partial charge is 0.414 e. The number of aliphatic carboxylic acids is 2. The molecule has 1 aromatic carbocycles. The lowest BCUT2D eigenvalue weighted by Crippen LogP contribution is -2.43. The average molecular weight is 522 g/mol. The molecule has 4 aromatic rings. The number of pyridine rings is 2.